The molecular formula is C9H15NO4. The van der Waals surface area contributed by atoms with Crippen LogP contribution in [0.5, 0.6) is 0 Å². The van der Waals surface area contributed by atoms with Crippen molar-refractivity contribution in [1.29, 1.82) is 0 Å². The molecule has 1 rings (SSSR count). The third kappa shape index (κ3) is 2.61. The summed E-state index contributed by atoms with van der Waals surface area (Å²) in [6, 6.07) is -0.200. The molecule has 14 heavy (non-hydrogen) atoms. The van der Waals surface area contributed by atoms with Crippen LogP contribution in [0, 0.1) is 0 Å². The van der Waals surface area contributed by atoms with E-state index in [4.69, 9.17) is 5.11 Å². The zero-order valence-corrected chi connectivity index (χ0v) is 8.23. The Labute approximate surface area is 82.6 Å². The molecule has 1 amide bonds. The lowest BCUT2D eigenvalue weighted by Gasteiger charge is -2.33. The predicted molar refractivity (Wildman–Crippen MR) is 49.0 cm³/mol. The number of aliphatic carboxylic acids is 1. The Kier molecular flexibility index (Phi) is 3.73. The fourth-order valence-corrected chi connectivity index (χ4v) is 1.77. The molecule has 0 aromatic rings. The number of amides is 1. The average molecular weight is 201 g/mol. The summed E-state index contributed by atoms with van der Waals surface area (Å²) in [5, 5.41) is 8.66. The molecule has 1 N–H and O–H groups in total. The average Bonchev–Trinajstić information content (AvgIpc) is 2.16. The number of rotatable bonds is 2. The lowest BCUT2D eigenvalue weighted by Crippen LogP contribution is -2.44. The zero-order chi connectivity index (χ0) is 10.6. The quantitative estimate of drug-likeness (QED) is 0.726. The Hall–Kier alpha value is -1.26. The molecule has 1 atom stereocenters. The minimum atomic E-state index is -0.870. The van der Waals surface area contributed by atoms with Gasteiger partial charge in [0.15, 0.2) is 0 Å². The molecule has 80 valence electrons. The summed E-state index contributed by atoms with van der Waals surface area (Å²) in [5.41, 5.74) is 0. The van der Waals surface area contributed by atoms with Gasteiger partial charge in [-0.25, -0.2) is 4.79 Å². The molecule has 5 nitrogen and oxygen atoms in total. The van der Waals surface area contributed by atoms with E-state index in [9.17, 15) is 9.59 Å². The summed E-state index contributed by atoms with van der Waals surface area (Å²) in [6.45, 7) is 0.602. The minimum Gasteiger partial charge on any atom is -0.481 e. The fraction of sp³-hybridized carbons (Fsp3) is 0.778. The molecule has 1 unspecified atom stereocenters. The molecule has 0 aliphatic carbocycles. The van der Waals surface area contributed by atoms with Gasteiger partial charge >= 0.3 is 12.1 Å². The van der Waals surface area contributed by atoms with Gasteiger partial charge in [0, 0.05) is 12.6 Å². The van der Waals surface area contributed by atoms with Crippen LogP contribution < -0.4 is 0 Å². The maximum absolute atomic E-state index is 11.3. The highest BCUT2D eigenvalue weighted by atomic mass is 16.5. The van der Waals surface area contributed by atoms with Crippen LogP contribution in [0.15, 0.2) is 0 Å². The lowest BCUT2D eigenvalue weighted by molar-refractivity contribution is -0.138. The van der Waals surface area contributed by atoms with Crippen molar-refractivity contribution in [3.8, 4) is 0 Å². The van der Waals surface area contributed by atoms with E-state index in [1.807, 2.05) is 0 Å². The first-order valence-electron chi connectivity index (χ1n) is 4.71. The Morgan fingerprint density at radius 1 is 1.50 bits per heavy atom. The van der Waals surface area contributed by atoms with Gasteiger partial charge in [0.1, 0.15) is 0 Å². The van der Waals surface area contributed by atoms with Crippen molar-refractivity contribution >= 4 is 12.1 Å². The first-order valence-corrected chi connectivity index (χ1v) is 4.71. The number of carboxylic acid groups (broad SMARTS) is 1. The van der Waals surface area contributed by atoms with Gasteiger partial charge in [0.25, 0.3) is 0 Å². The van der Waals surface area contributed by atoms with Crippen LogP contribution in [0.1, 0.15) is 25.7 Å². The molecule has 0 saturated carbocycles. The van der Waals surface area contributed by atoms with Gasteiger partial charge in [-0.3, -0.25) is 4.79 Å². The number of nitrogens with zero attached hydrogens (tertiary/aromatic N) is 1. The number of methoxy groups -OCH3 is 1. The summed E-state index contributed by atoms with van der Waals surface area (Å²) < 4.78 is 4.60. The van der Waals surface area contributed by atoms with Gasteiger partial charge in [-0.15, -0.1) is 0 Å². The van der Waals surface area contributed by atoms with Crippen LogP contribution in [0.25, 0.3) is 0 Å². The van der Waals surface area contributed by atoms with Crippen molar-refractivity contribution < 1.29 is 19.4 Å². The molecule has 0 radical (unpaired) electrons. The van der Waals surface area contributed by atoms with Crippen LogP contribution in [-0.2, 0) is 9.53 Å². The number of likely N-dealkylation sites (tertiary alicyclic amines) is 1. The van der Waals surface area contributed by atoms with Crippen LogP contribution in [0.4, 0.5) is 4.79 Å². The van der Waals surface area contributed by atoms with E-state index in [0.717, 1.165) is 19.3 Å². The van der Waals surface area contributed by atoms with E-state index in [-0.39, 0.29) is 12.5 Å². The van der Waals surface area contributed by atoms with E-state index < -0.39 is 12.1 Å². The van der Waals surface area contributed by atoms with Crippen LogP contribution >= 0.6 is 0 Å². The summed E-state index contributed by atoms with van der Waals surface area (Å²) >= 11 is 0. The monoisotopic (exact) mass is 201 g/mol. The van der Waals surface area contributed by atoms with Crippen molar-refractivity contribution in [2.75, 3.05) is 13.7 Å². The van der Waals surface area contributed by atoms with Gasteiger partial charge in [0.05, 0.1) is 13.5 Å². The van der Waals surface area contributed by atoms with E-state index in [1.54, 1.807) is 0 Å². The van der Waals surface area contributed by atoms with E-state index in [0.29, 0.717) is 6.54 Å². The second-order valence-electron chi connectivity index (χ2n) is 3.41. The number of carbonyl (C=O) groups excluding carboxylic acids is 1. The number of ether oxygens (including phenoxy) is 1. The summed E-state index contributed by atoms with van der Waals surface area (Å²) in [4.78, 5) is 23.3. The van der Waals surface area contributed by atoms with Gasteiger partial charge in [0.2, 0.25) is 0 Å². The molecule has 1 aliphatic rings. The number of piperidine rings is 1. The smallest absolute Gasteiger partial charge is 0.409 e. The molecule has 1 fully saturated rings. The molecule has 0 aromatic carbocycles. The van der Waals surface area contributed by atoms with Crippen LogP contribution in [0.2, 0.25) is 0 Å². The maximum Gasteiger partial charge on any atom is 0.409 e. The molecule has 0 spiro atoms. The fourth-order valence-electron chi connectivity index (χ4n) is 1.77. The summed E-state index contributed by atoms with van der Waals surface area (Å²) in [6.07, 6.45) is 2.24. The summed E-state index contributed by atoms with van der Waals surface area (Å²) in [5.74, 6) is -0.870. The number of carbonyl (C=O) groups is 2. The Balaban J connectivity index is 2.58. The number of hydrogen-bond donors (Lipinski definition) is 1. The Morgan fingerprint density at radius 2 is 2.21 bits per heavy atom. The van der Waals surface area contributed by atoms with E-state index in [1.165, 1.54) is 12.0 Å². The lowest BCUT2D eigenvalue weighted by atomic mass is 10.00. The molecule has 5 heteroatoms. The second-order valence-corrected chi connectivity index (χ2v) is 3.41. The van der Waals surface area contributed by atoms with Crippen molar-refractivity contribution in [2.24, 2.45) is 0 Å². The highest BCUT2D eigenvalue weighted by Crippen LogP contribution is 2.20. The molecule has 0 aromatic heterocycles. The van der Waals surface area contributed by atoms with E-state index in [2.05, 4.69) is 4.74 Å². The molecule has 1 heterocycles. The van der Waals surface area contributed by atoms with E-state index >= 15 is 0 Å². The molecule has 1 saturated heterocycles. The summed E-state index contributed by atoms with van der Waals surface area (Å²) in [7, 11) is 1.31. The van der Waals surface area contributed by atoms with Gasteiger partial charge in [-0.2, -0.15) is 0 Å². The van der Waals surface area contributed by atoms with Crippen molar-refractivity contribution in [2.45, 2.75) is 31.7 Å². The third-order valence-corrected chi connectivity index (χ3v) is 2.45. The first-order chi connectivity index (χ1) is 6.65. The normalized spacial score (nSPS) is 21.8. The largest absolute Gasteiger partial charge is 0.481 e. The van der Waals surface area contributed by atoms with Gasteiger partial charge in [-0.1, -0.05) is 0 Å². The molecular weight excluding hydrogens is 186 g/mol. The van der Waals surface area contributed by atoms with Gasteiger partial charge in [-0.05, 0) is 19.3 Å². The van der Waals surface area contributed by atoms with Gasteiger partial charge < -0.3 is 14.7 Å². The Morgan fingerprint density at radius 3 is 2.79 bits per heavy atom. The highest BCUT2D eigenvalue weighted by Gasteiger charge is 2.28. The minimum absolute atomic E-state index is 0.00903. The number of carboxylic acids is 1. The standard InChI is InChI=1S/C9H15NO4/c1-14-9(13)10-5-3-2-4-7(10)6-8(11)12/h7H,2-6H2,1H3,(H,11,12). The van der Waals surface area contributed by atoms with Crippen molar-refractivity contribution in [3.63, 3.8) is 0 Å². The molecule has 0 bridgehead atoms. The second kappa shape index (κ2) is 4.83. The third-order valence-electron chi connectivity index (χ3n) is 2.45. The van der Waals surface area contributed by atoms with Crippen LogP contribution in [0.3, 0.4) is 0 Å². The van der Waals surface area contributed by atoms with Crippen LogP contribution in [-0.4, -0.2) is 41.8 Å². The SMILES string of the molecule is COC(=O)N1CCCCC1CC(=O)O. The zero-order valence-electron chi connectivity index (χ0n) is 8.23. The maximum atomic E-state index is 11.3. The Bertz CT molecular complexity index is 229. The topological polar surface area (TPSA) is 66.8 Å². The van der Waals surface area contributed by atoms with Crippen molar-refractivity contribution in [3.05, 3.63) is 0 Å². The number of hydrogen-bond acceptors (Lipinski definition) is 3. The predicted octanol–water partition coefficient (Wildman–Crippen LogP) is 1.08. The molecule has 1 aliphatic heterocycles. The van der Waals surface area contributed by atoms with Crippen molar-refractivity contribution in [1.82, 2.24) is 4.90 Å². The highest BCUT2D eigenvalue weighted by molar-refractivity contribution is 5.71. The first kappa shape index (κ1) is 10.8.